The number of carbonyl (C=O) groups excluding carboxylic acids is 1. The molecule has 7 nitrogen and oxygen atoms in total. The second-order valence-corrected chi connectivity index (χ2v) is 7.21. The quantitative estimate of drug-likeness (QED) is 0.425. The van der Waals surface area contributed by atoms with Crippen LogP contribution < -0.4 is 4.74 Å². The first-order chi connectivity index (χ1) is 13.7. The largest absolute Gasteiger partial charge is 0.497 e. The van der Waals surface area contributed by atoms with E-state index in [4.69, 9.17) is 4.74 Å². The number of nitrogens with zero attached hydrogens (tertiary/aromatic N) is 5. The predicted molar refractivity (Wildman–Crippen MR) is 101 cm³/mol. The van der Waals surface area contributed by atoms with Crippen molar-refractivity contribution in [2.75, 3.05) is 12.9 Å². The molecule has 3 aromatic rings. The molecule has 0 N–H and O–H groups in total. The van der Waals surface area contributed by atoms with Crippen LogP contribution in [0.3, 0.4) is 0 Å². The van der Waals surface area contributed by atoms with Gasteiger partial charge in [-0.3, -0.25) is 4.79 Å². The molecule has 1 aromatic carbocycles. The van der Waals surface area contributed by atoms with Crippen LogP contribution >= 0.6 is 11.8 Å². The number of ether oxygens (including phenoxy) is 1. The lowest BCUT2D eigenvalue weighted by atomic mass is 10.2. The molecule has 0 amide bonds. The summed E-state index contributed by atoms with van der Waals surface area (Å²) in [5, 5.41) is 11.9. The maximum Gasteiger partial charge on any atom is 0.406 e. The summed E-state index contributed by atoms with van der Waals surface area (Å²) < 4.78 is 46.0. The van der Waals surface area contributed by atoms with Gasteiger partial charge in [-0.05, 0) is 54.6 Å². The van der Waals surface area contributed by atoms with Crippen molar-refractivity contribution in [2.45, 2.75) is 31.7 Å². The third-order valence-electron chi connectivity index (χ3n) is 4.30. The molecule has 0 atom stereocenters. The van der Waals surface area contributed by atoms with Crippen LogP contribution in [0.1, 0.15) is 21.7 Å². The minimum atomic E-state index is -4.36. The van der Waals surface area contributed by atoms with Crippen molar-refractivity contribution in [3.8, 4) is 11.4 Å². The van der Waals surface area contributed by atoms with Gasteiger partial charge in [0.25, 0.3) is 0 Å². The average molecular weight is 425 g/mol. The number of thioether (sulfide) groups is 1. The van der Waals surface area contributed by atoms with Crippen molar-refractivity contribution >= 4 is 17.5 Å². The normalized spacial score (nSPS) is 11.7. The molecule has 0 aliphatic rings. The minimum absolute atomic E-state index is 0.00710. The molecule has 0 saturated heterocycles. The van der Waals surface area contributed by atoms with Gasteiger partial charge >= 0.3 is 6.18 Å². The zero-order chi connectivity index (χ0) is 21.2. The van der Waals surface area contributed by atoms with E-state index in [-0.39, 0.29) is 17.1 Å². The molecule has 2 heterocycles. The Balaban J connectivity index is 1.74. The maximum absolute atomic E-state index is 12.8. The van der Waals surface area contributed by atoms with E-state index < -0.39 is 12.7 Å². The van der Waals surface area contributed by atoms with Crippen LogP contribution in [0.15, 0.2) is 35.5 Å². The second-order valence-electron chi connectivity index (χ2n) is 6.27. The summed E-state index contributed by atoms with van der Waals surface area (Å²) in [5.74, 6) is 0.383. The molecule has 0 aliphatic heterocycles. The van der Waals surface area contributed by atoms with E-state index in [1.165, 1.54) is 17.7 Å². The number of alkyl halides is 3. The molecule has 154 valence electrons. The van der Waals surface area contributed by atoms with Gasteiger partial charge in [-0.15, -0.1) is 5.10 Å². The van der Waals surface area contributed by atoms with Crippen molar-refractivity contribution in [3.05, 3.63) is 47.3 Å². The van der Waals surface area contributed by atoms with Gasteiger partial charge in [-0.1, -0.05) is 11.8 Å². The van der Waals surface area contributed by atoms with Gasteiger partial charge < -0.3 is 9.30 Å². The van der Waals surface area contributed by atoms with E-state index >= 15 is 0 Å². The Labute approximate surface area is 168 Å². The molecular weight excluding hydrogens is 407 g/mol. The fraction of sp³-hybridized carbons (Fsp3) is 0.333. The third kappa shape index (κ3) is 4.78. The van der Waals surface area contributed by atoms with Crippen LogP contribution in [0, 0.1) is 13.8 Å². The molecule has 2 aromatic heterocycles. The van der Waals surface area contributed by atoms with E-state index in [9.17, 15) is 18.0 Å². The molecule has 0 bridgehead atoms. The summed E-state index contributed by atoms with van der Waals surface area (Å²) in [5.41, 5.74) is 1.63. The number of methoxy groups -OCH3 is 1. The van der Waals surface area contributed by atoms with E-state index in [1.807, 2.05) is 0 Å². The number of aromatic nitrogens is 5. The van der Waals surface area contributed by atoms with Crippen molar-refractivity contribution in [3.63, 3.8) is 0 Å². The van der Waals surface area contributed by atoms with E-state index in [2.05, 4.69) is 15.5 Å². The van der Waals surface area contributed by atoms with Crippen molar-refractivity contribution in [1.29, 1.82) is 0 Å². The average Bonchev–Trinajstić information content (AvgIpc) is 3.25. The van der Waals surface area contributed by atoms with E-state index in [0.717, 1.165) is 16.3 Å². The lowest BCUT2D eigenvalue weighted by Gasteiger charge is -2.12. The molecule has 3 rings (SSSR count). The van der Waals surface area contributed by atoms with Gasteiger partial charge in [0.15, 0.2) is 5.78 Å². The summed E-state index contributed by atoms with van der Waals surface area (Å²) in [6, 6.07) is 8.53. The second kappa shape index (κ2) is 8.27. The number of carbonyl (C=O) groups is 1. The van der Waals surface area contributed by atoms with Crippen LogP contribution in [-0.4, -0.2) is 49.6 Å². The minimum Gasteiger partial charge on any atom is -0.497 e. The lowest BCUT2D eigenvalue weighted by molar-refractivity contribution is -0.141. The highest BCUT2D eigenvalue weighted by molar-refractivity contribution is 7.99. The molecule has 0 radical (unpaired) electrons. The number of Topliss-reactive ketones (excluding diaryl/α,β-unsaturated/α-hetero) is 1. The first kappa shape index (κ1) is 20.9. The molecule has 11 heteroatoms. The maximum atomic E-state index is 12.8. The molecule has 0 spiro atoms. The van der Waals surface area contributed by atoms with Gasteiger partial charge in [-0.25, -0.2) is 0 Å². The molecular formula is C18H18F3N5O2S. The number of hydrogen-bond acceptors (Lipinski definition) is 6. The Hall–Kier alpha value is -2.82. The first-order valence-corrected chi connectivity index (χ1v) is 9.50. The molecule has 0 aliphatic carbocycles. The smallest absolute Gasteiger partial charge is 0.406 e. The standard InChI is InChI=1S/C18H18F3N5O2S/c1-11-8-15(12(2)25(11)10-18(19,20)21)16(27)9-29-17-22-23-24-26(17)13-4-6-14(28-3)7-5-13/h4-8H,9-10H2,1-3H3. The van der Waals surface area contributed by atoms with Crippen LogP contribution in [-0.2, 0) is 6.54 Å². The zero-order valence-corrected chi connectivity index (χ0v) is 16.7. The Bertz CT molecular complexity index is 1010. The van der Waals surface area contributed by atoms with Gasteiger partial charge in [0.05, 0.1) is 18.6 Å². The fourth-order valence-corrected chi connectivity index (χ4v) is 3.64. The van der Waals surface area contributed by atoms with Crippen molar-refractivity contribution in [2.24, 2.45) is 0 Å². The van der Waals surface area contributed by atoms with Crippen LogP contribution in [0.25, 0.3) is 5.69 Å². The highest BCUT2D eigenvalue weighted by Crippen LogP contribution is 2.25. The van der Waals surface area contributed by atoms with Crippen LogP contribution in [0.2, 0.25) is 0 Å². The molecule has 29 heavy (non-hydrogen) atoms. The summed E-state index contributed by atoms with van der Waals surface area (Å²) >= 11 is 1.11. The number of aryl methyl sites for hydroxylation is 1. The summed E-state index contributed by atoms with van der Waals surface area (Å²) in [6.45, 7) is 1.94. The lowest BCUT2D eigenvalue weighted by Crippen LogP contribution is -2.19. The van der Waals surface area contributed by atoms with Gasteiger partial charge in [0.1, 0.15) is 12.3 Å². The summed E-state index contributed by atoms with van der Waals surface area (Å²) in [4.78, 5) is 12.6. The monoisotopic (exact) mass is 425 g/mol. The van der Waals surface area contributed by atoms with E-state index in [1.54, 1.807) is 38.3 Å². The number of benzene rings is 1. The predicted octanol–water partition coefficient (Wildman–Crippen LogP) is 3.63. The number of ketones is 1. The van der Waals surface area contributed by atoms with E-state index in [0.29, 0.717) is 28.0 Å². The molecule has 0 saturated carbocycles. The fourth-order valence-electron chi connectivity index (χ4n) is 2.87. The van der Waals surface area contributed by atoms with Crippen LogP contribution in [0.4, 0.5) is 13.2 Å². The van der Waals surface area contributed by atoms with Gasteiger partial charge in [0, 0.05) is 17.0 Å². The van der Waals surface area contributed by atoms with Crippen LogP contribution in [0.5, 0.6) is 5.75 Å². The Morgan fingerprint density at radius 3 is 2.52 bits per heavy atom. The number of tetrazole rings is 1. The highest BCUT2D eigenvalue weighted by atomic mass is 32.2. The summed E-state index contributed by atoms with van der Waals surface area (Å²) in [7, 11) is 1.56. The molecule has 0 unspecified atom stereocenters. The van der Waals surface area contributed by atoms with Gasteiger partial charge in [0.2, 0.25) is 5.16 Å². The number of halogens is 3. The van der Waals surface area contributed by atoms with Crippen molar-refractivity contribution < 1.29 is 22.7 Å². The third-order valence-corrected chi connectivity index (χ3v) is 5.22. The zero-order valence-electron chi connectivity index (χ0n) is 15.9. The number of rotatable bonds is 7. The SMILES string of the molecule is COc1ccc(-n2nnnc2SCC(=O)c2cc(C)n(CC(F)(F)F)c2C)cc1. The number of hydrogen-bond donors (Lipinski definition) is 0. The first-order valence-electron chi connectivity index (χ1n) is 8.52. The Morgan fingerprint density at radius 1 is 1.21 bits per heavy atom. The van der Waals surface area contributed by atoms with Crippen molar-refractivity contribution in [1.82, 2.24) is 24.8 Å². The Morgan fingerprint density at radius 2 is 1.90 bits per heavy atom. The highest BCUT2D eigenvalue weighted by Gasteiger charge is 2.30. The molecule has 0 fully saturated rings. The Kier molecular flexibility index (Phi) is 5.96. The van der Waals surface area contributed by atoms with Gasteiger partial charge in [-0.2, -0.15) is 17.9 Å². The summed E-state index contributed by atoms with van der Waals surface area (Å²) in [6.07, 6.45) is -4.36. The topological polar surface area (TPSA) is 74.8 Å².